The summed E-state index contributed by atoms with van der Waals surface area (Å²) in [5.41, 5.74) is 7.73. The van der Waals surface area contributed by atoms with Crippen molar-refractivity contribution in [2.24, 2.45) is 0 Å². The monoisotopic (exact) mass is 704 g/mol. The molecule has 46 heavy (non-hydrogen) atoms. The minimum absolute atomic E-state index is 0. The summed E-state index contributed by atoms with van der Waals surface area (Å²) in [5.74, 6) is 0. The summed E-state index contributed by atoms with van der Waals surface area (Å²) in [6.07, 6.45) is 15.9. The Bertz CT molecular complexity index is 1630. The number of hydrogen-bond donors (Lipinski definition) is 1. The molecule has 8 nitrogen and oxygen atoms in total. The molecule has 12 heteroatoms. The van der Waals surface area contributed by atoms with E-state index < -0.39 is 40.5 Å². The lowest BCUT2D eigenvalue weighted by molar-refractivity contribution is 0.366. The minimum atomic E-state index is -4.92. The van der Waals surface area contributed by atoms with Crippen molar-refractivity contribution in [3.63, 3.8) is 0 Å². The van der Waals surface area contributed by atoms with Crippen molar-refractivity contribution in [2.75, 3.05) is 0 Å². The molecule has 0 saturated heterocycles. The van der Waals surface area contributed by atoms with E-state index in [0.29, 0.717) is 21.1 Å². The highest BCUT2D eigenvalue weighted by Crippen LogP contribution is 2.75. The number of fused-ring (bicyclic) bond motifs is 3. The Morgan fingerprint density at radius 1 is 0.761 bits per heavy atom. The van der Waals surface area contributed by atoms with E-state index >= 15 is 0 Å². The van der Waals surface area contributed by atoms with Crippen molar-refractivity contribution in [2.45, 2.75) is 110 Å². The molecular formula is C34H41O8PS3-2. The predicted molar refractivity (Wildman–Crippen MR) is 181 cm³/mol. The zero-order chi connectivity index (χ0) is 32.9. The average Bonchev–Trinajstić information content (AvgIpc) is 3.31. The van der Waals surface area contributed by atoms with Gasteiger partial charge in [-0.15, -0.1) is 0 Å². The van der Waals surface area contributed by atoms with Crippen LogP contribution in [-0.4, -0.2) is 46.4 Å². The molecule has 0 spiro atoms. The molecule has 0 aromatic heterocycles. The third-order valence-electron chi connectivity index (χ3n) is 9.79. The fraction of sp³-hybridized carbons (Fsp3) is 0.471. The van der Waals surface area contributed by atoms with Crippen LogP contribution in [0, 0.1) is 0 Å². The summed E-state index contributed by atoms with van der Waals surface area (Å²) in [4.78, 5) is 0.713. The lowest BCUT2D eigenvalue weighted by Crippen LogP contribution is -2.35. The molecule has 0 bridgehead atoms. The first kappa shape index (κ1) is 35.5. The molecular weight excluding hydrogens is 664 g/mol. The topological polar surface area (TPSA) is 158 Å². The molecule has 2 saturated carbocycles. The molecule has 2 fully saturated rings. The van der Waals surface area contributed by atoms with Gasteiger partial charge in [-0.25, -0.2) is 8.42 Å². The molecule has 3 atom stereocenters. The zero-order valence-corrected chi connectivity index (χ0v) is 29.0. The zero-order valence-electron chi connectivity index (χ0n) is 26.7. The minimum Gasteiger partial charge on any atom is -0.768 e. The Labute approximate surface area is 280 Å². The van der Waals surface area contributed by atoms with Crippen molar-refractivity contribution in [3.8, 4) is 11.1 Å². The van der Waals surface area contributed by atoms with Crippen LogP contribution in [0.3, 0.4) is 0 Å². The van der Waals surface area contributed by atoms with Crippen LogP contribution in [-0.2, 0) is 44.1 Å². The molecule has 3 aliphatic carbocycles. The quantitative estimate of drug-likeness (QED) is 0.103. The summed E-state index contributed by atoms with van der Waals surface area (Å²) < 4.78 is 80.2. The van der Waals surface area contributed by atoms with Gasteiger partial charge in [0.25, 0.3) is 0 Å². The van der Waals surface area contributed by atoms with Crippen molar-refractivity contribution in [1.82, 2.24) is 0 Å². The third kappa shape index (κ3) is 8.24. The molecule has 3 aromatic rings. The first-order chi connectivity index (χ1) is 22.0. The summed E-state index contributed by atoms with van der Waals surface area (Å²) in [7, 11) is -5.38. The number of rotatable bonds is 9. The highest BCUT2D eigenvalue weighted by Gasteiger charge is 2.52. The number of aryl methyl sites for hydroxylation is 1. The Kier molecular flexibility index (Phi) is 12.0. The van der Waals surface area contributed by atoms with Crippen LogP contribution in [0.4, 0.5) is 0 Å². The van der Waals surface area contributed by atoms with Crippen LogP contribution in [0.1, 0.15) is 95.2 Å². The van der Waals surface area contributed by atoms with Gasteiger partial charge in [0.2, 0.25) is 10.4 Å². The average molecular weight is 705 g/mol. The number of hydrogen-bond acceptors (Lipinski definition) is 7. The van der Waals surface area contributed by atoms with E-state index in [9.17, 15) is 17.5 Å². The molecule has 0 heterocycles. The van der Waals surface area contributed by atoms with Gasteiger partial charge in [-0.1, -0.05) is 88.9 Å². The Hall–Kier alpha value is -1.82. The van der Waals surface area contributed by atoms with Gasteiger partial charge in [0.15, 0.2) is 0 Å². The van der Waals surface area contributed by atoms with Crippen LogP contribution in [0.2, 0.25) is 0 Å². The van der Waals surface area contributed by atoms with Gasteiger partial charge in [0.1, 0.15) is 0 Å². The molecule has 1 N–H and O–H groups in total. The Morgan fingerprint density at radius 3 is 1.80 bits per heavy atom. The summed E-state index contributed by atoms with van der Waals surface area (Å²) in [5, 5.41) is -0.170. The van der Waals surface area contributed by atoms with Gasteiger partial charge in [-0.3, -0.25) is 13.0 Å². The van der Waals surface area contributed by atoms with E-state index in [4.69, 9.17) is 17.5 Å². The van der Waals surface area contributed by atoms with Crippen molar-refractivity contribution >= 4 is 40.5 Å². The van der Waals surface area contributed by atoms with Crippen LogP contribution < -0.4 is 0 Å². The van der Waals surface area contributed by atoms with Gasteiger partial charge in [0.05, 0.1) is 0 Å². The van der Waals surface area contributed by atoms with Gasteiger partial charge in [0, 0.05) is 14.9 Å². The fourth-order valence-electron chi connectivity index (χ4n) is 8.06. The summed E-state index contributed by atoms with van der Waals surface area (Å²) in [6, 6.07) is 22.1. The van der Waals surface area contributed by atoms with Gasteiger partial charge >= 0.3 is 1.43 Å². The standard InChI is InChI=1S/C34H41O4PS2.H2O4S/c35-40(36)28-19-17-25(18-20-28)10-9-23-34(39(26-11-3-1-4-12-26)27-13-5-2-6-14-27)32-16-8-7-15-30(32)31-22-21-29(41(37)38)24-33(31)34;1-5(2,3)4/h7-8,15-22,24,26-27H,1-6,9-14,23H2,(H,35,36)(H,37,38);(H2,1,2,3,4)/p-2. The van der Waals surface area contributed by atoms with Crippen LogP contribution in [0.25, 0.3) is 11.1 Å². The van der Waals surface area contributed by atoms with E-state index in [1.807, 2.05) is 18.2 Å². The molecule has 6 rings (SSSR count). The Morgan fingerprint density at radius 2 is 1.26 bits per heavy atom. The van der Waals surface area contributed by atoms with E-state index in [0.717, 1.165) is 24.8 Å². The summed E-state index contributed by atoms with van der Waals surface area (Å²) in [6.45, 7) is 0. The van der Waals surface area contributed by atoms with Crippen LogP contribution in [0.5, 0.6) is 0 Å². The second kappa shape index (κ2) is 15.6. The highest BCUT2D eigenvalue weighted by molar-refractivity contribution is 7.80. The first-order valence-electron chi connectivity index (χ1n) is 16.0. The fourth-order valence-corrected chi connectivity index (χ4v) is 13.9. The van der Waals surface area contributed by atoms with Gasteiger partial charge in [-0.05, 0) is 131 Å². The first-order valence-corrected chi connectivity index (χ1v) is 21.0. The predicted octanol–water partition coefficient (Wildman–Crippen LogP) is 7.67. The molecule has 0 aliphatic heterocycles. The molecule has 3 aromatic carbocycles. The lowest BCUT2D eigenvalue weighted by atomic mass is 9.89. The molecule has 3 unspecified atom stereocenters. The maximum absolute atomic E-state index is 12.3. The lowest BCUT2D eigenvalue weighted by Gasteiger charge is -2.50. The van der Waals surface area contributed by atoms with E-state index in [1.165, 1.54) is 86.5 Å². The largest absolute Gasteiger partial charge is 1.00 e. The Balaban J connectivity index is 0.000000776. The molecule has 3 aliphatic rings. The SMILES string of the molecule is O=S(=O)([O-])O.O=S([O-])c1ccc(CCCC2(P(C3CCCCC3)C3CCCCC3)c3ccccc3-c3ccc(S(=O)[O-])cc32)cc1.[H+]. The maximum atomic E-state index is 12.3. The van der Waals surface area contributed by atoms with Gasteiger partial charge < -0.3 is 13.7 Å². The highest BCUT2D eigenvalue weighted by atomic mass is 32.3. The second-order valence-corrected chi connectivity index (χ2v) is 18.3. The number of benzene rings is 3. The van der Waals surface area contributed by atoms with Crippen molar-refractivity contribution in [3.05, 3.63) is 83.4 Å². The second-order valence-electron chi connectivity index (χ2n) is 12.5. The molecule has 0 amide bonds. The molecule has 0 radical (unpaired) electrons. The normalized spacial score (nSPS) is 21.6. The van der Waals surface area contributed by atoms with Crippen LogP contribution >= 0.6 is 7.92 Å². The third-order valence-corrected chi connectivity index (χ3v) is 15.3. The van der Waals surface area contributed by atoms with Crippen molar-refractivity contribution < 1.29 is 36.5 Å². The summed E-state index contributed by atoms with van der Waals surface area (Å²) >= 11 is -4.50. The van der Waals surface area contributed by atoms with Crippen LogP contribution in [0.15, 0.2) is 76.5 Å². The van der Waals surface area contributed by atoms with E-state index in [1.54, 1.807) is 18.2 Å². The smallest absolute Gasteiger partial charge is 0.768 e. The maximum Gasteiger partial charge on any atom is 1.00 e. The van der Waals surface area contributed by atoms with E-state index in [-0.39, 0.29) is 6.58 Å². The van der Waals surface area contributed by atoms with Gasteiger partial charge in [-0.2, -0.15) is 0 Å². The molecule has 250 valence electrons. The van der Waals surface area contributed by atoms with Crippen molar-refractivity contribution in [1.29, 1.82) is 0 Å². The van der Waals surface area contributed by atoms with E-state index in [2.05, 4.69) is 30.3 Å².